The van der Waals surface area contributed by atoms with Crippen LogP contribution >= 0.6 is 7.60 Å². The minimum absolute atomic E-state index is 0.0483. The Labute approximate surface area is 373 Å². The molecule has 0 aliphatic carbocycles. The molecule has 3 aromatic rings. The highest BCUT2D eigenvalue weighted by Gasteiger charge is 2.38. The second-order valence-electron chi connectivity index (χ2n) is 14.6. The first-order valence-corrected chi connectivity index (χ1v) is 22.4. The van der Waals surface area contributed by atoms with Crippen molar-refractivity contribution in [2.75, 3.05) is 45.9 Å². The number of nitrogens with zero attached hydrogens (tertiary/aromatic N) is 2. The van der Waals surface area contributed by atoms with Gasteiger partial charge in [-0.1, -0.05) is 51.3 Å². The molecular weight excluding hydrogens is 886 g/mol. The van der Waals surface area contributed by atoms with E-state index in [1.165, 1.54) is 24.3 Å². The first-order valence-electron chi connectivity index (χ1n) is 20.6. The van der Waals surface area contributed by atoms with Crippen LogP contribution in [-0.4, -0.2) is 119 Å². The number of hydrogen-bond donors (Lipinski definition) is 6. The molecule has 1 aliphatic rings. The summed E-state index contributed by atoms with van der Waals surface area (Å²) < 4.78 is 59.7. The molecule has 0 saturated carbocycles. The Morgan fingerprint density at radius 1 is 0.938 bits per heavy atom. The standard InChI is InChI=1S/C40H54N5O12P.C2HF3O2/c1-5-8-9-10-31(33(6-2)45(26-46)57-40(50)30-13-11-28(21-27(30)4)23-44-17-19-54-20-18-44)37(47)41-24-42-39(49)35-16-15-34(56-35)29-12-14-32(36(22-29)55-7-3)38(48)43-25-58(51,52)53;3-2(4,5)1(6)7/h11-16,21-22,26,31,33H,5-10,17-20,23-25H2,1-4H3,(H,41,47)(H,42,49)(H,43,48)(H2,51,52,53);(H,6,7)/t31-,33-;/m1./s1. The molecule has 0 spiro atoms. The fourth-order valence-electron chi connectivity index (χ4n) is 6.59. The predicted octanol–water partition coefficient (Wildman–Crippen LogP) is 4.99. The quantitative estimate of drug-likeness (QED) is 0.0255. The van der Waals surface area contributed by atoms with Crippen LogP contribution < -0.4 is 20.7 Å². The van der Waals surface area contributed by atoms with Crippen LogP contribution in [0.15, 0.2) is 52.9 Å². The number of carboxylic acids is 1. The Hall–Kier alpha value is -5.80. The topological polar surface area (TPSA) is 264 Å². The Bertz CT molecular complexity index is 2140. The molecule has 6 N–H and O–H groups in total. The Kier molecular flexibility index (Phi) is 21.1. The number of furan rings is 1. The van der Waals surface area contributed by atoms with Crippen molar-refractivity contribution >= 4 is 43.7 Å². The van der Waals surface area contributed by atoms with Crippen LogP contribution in [0.1, 0.15) is 95.3 Å². The second-order valence-corrected chi connectivity index (χ2v) is 16.3. The van der Waals surface area contributed by atoms with Crippen molar-refractivity contribution in [3.05, 3.63) is 76.5 Å². The van der Waals surface area contributed by atoms with Crippen LogP contribution in [-0.2, 0) is 35.1 Å². The minimum atomic E-state index is -5.08. The van der Waals surface area contributed by atoms with Crippen LogP contribution in [0.4, 0.5) is 13.2 Å². The molecule has 0 unspecified atom stereocenters. The number of carboxylic acid groups (broad SMARTS) is 1. The zero-order valence-corrected chi connectivity index (χ0v) is 37.2. The molecule has 1 saturated heterocycles. The van der Waals surface area contributed by atoms with Crippen molar-refractivity contribution in [3.8, 4) is 17.1 Å². The van der Waals surface area contributed by atoms with Crippen molar-refractivity contribution < 1.29 is 80.1 Å². The molecule has 19 nitrogen and oxygen atoms in total. The van der Waals surface area contributed by atoms with E-state index in [0.29, 0.717) is 55.6 Å². The van der Waals surface area contributed by atoms with E-state index in [1.807, 2.05) is 19.1 Å². The van der Waals surface area contributed by atoms with E-state index in [0.717, 1.165) is 43.1 Å². The van der Waals surface area contributed by atoms with Crippen LogP contribution in [0.25, 0.3) is 11.3 Å². The molecule has 358 valence electrons. The molecule has 65 heavy (non-hydrogen) atoms. The van der Waals surface area contributed by atoms with E-state index in [-0.39, 0.29) is 36.1 Å². The monoisotopic (exact) mass is 941 g/mol. The van der Waals surface area contributed by atoms with Crippen LogP contribution in [0.2, 0.25) is 0 Å². The van der Waals surface area contributed by atoms with Crippen molar-refractivity contribution in [1.82, 2.24) is 25.9 Å². The van der Waals surface area contributed by atoms with Gasteiger partial charge in [-0.25, -0.2) is 9.59 Å². The molecule has 1 aliphatic heterocycles. The van der Waals surface area contributed by atoms with E-state index in [9.17, 15) is 41.7 Å². The summed E-state index contributed by atoms with van der Waals surface area (Å²) in [6, 6.07) is 12.1. The Morgan fingerprint density at radius 2 is 1.62 bits per heavy atom. The number of halogens is 3. The molecule has 2 aromatic carbocycles. The number of ether oxygens (including phenoxy) is 2. The third-order valence-corrected chi connectivity index (χ3v) is 10.4. The third kappa shape index (κ3) is 17.3. The van der Waals surface area contributed by atoms with Gasteiger partial charge in [0.15, 0.2) is 5.76 Å². The summed E-state index contributed by atoms with van der Waals surface area (Å²) in [6.45, 7) is 11.0. The maximum absolute atomic E-state index is 13.7. The van der Waals surface area contributed by atoms with Crippen molar-refractivity contribution in [2.24, 2.45) is 5.92 Å². The largest absolute Gasteiger partial charge is 0.493 e. The Balaban J connectivity index is 0.00000148. The lowest BCUT2D eigenvalue weighted by Gasteiger charge is -2.32. The van der Waals surface area contributed by atoms with E-state index in [4.69, 9.17) is 38.4 Å². The van der Waals surface area contributed by atoms with E-state index in [1.54, 1.807) is 32.9 Å². The zero-order chi connectivity index (χ0) is 48.3. The van der Waals surface area contributed by atoms with Crippen molar-refractivity contribution in [2.45, 2.75) is 78.6 Å². The van der Waals surface area contributed by atoms with Gasteiger partial charge in [-0.15, -0.1) is 0 Å². The molecule has 2 heterocycles. The van der Waals surface area contributed by atoms with Gasteiger partial charge in [0.1, 0.15) is 17.8 Å². The van der Waals surface area contributed by atoms with Gasteiger partial charge in [0.05, 0.1) is 49.6 Å². The number of aryl methyl sites for hydroxylation is 1. The molecule has 1 fully saturated rings. The minimum Gasteiger partial charge on any atom is -0.493 e. The van der Waals surface area contributed by atoms with Crippen molar-refractivity contribution in [1.29, 1.82) is 0 Å². The summed E-state index contributed by atoms with van der Waals surface area (Å²) in [5, 5.41) is 15.5. The van der Waals surface area contributed by atoms with E-state index < -0.39 is 61.7 Å². The van der Waals surface area contributed by atoms with E-state index in [2.05, 4.69) is 20.9 Å². The molecule has 0 radical (unpaired) electrons. The second kappa shape index (κ2) is 25.6. The number of benzene rings is 2. The maximum Gasteiger partial charge on any atom is 0.490 e. The predicted molar refractivity (Wildman–Crippen MR) is 226 cm³/mol. The average molecular weight is 942 g/mol. The van der Waals surface area contributed by atoms with Crippen LogP contribution in [0.5, 0.6) is 5.75 Å². The lowest BCUT2D eigenvalue weighted by atomic mass is 9.90. The molecule has 2 atom stereocenters. The maximum atomic E-state index is 13.7. The van der Waals surface area contributed by atoms with Gasteiger partial charge >= 0.3 is 25.7 Å². The lowest BCUT2D eigenvalue weighted by Crippen LogP contribution is -2.49. The number of aliphatic carboxylic acids is 1. The van der Waals surface area contributed by atoms with Gasteiger partial charge in [0, 0.05) is 25.2 Å². The summed E-state index contributed by atoms with van der Waals surface area (Å²) >= 11 is 0. The highest BCUT2D eigenvalue weighted by Crippen LogP contribution is 2.33. The number of morpholine rings is 1. The van der Waals surface area contributed by atoms with Gasteiger partial charge in [-0.2, -0.15) is 18.2 Å². The van der Waals surface area contributed by atoms with Crippen LogP contribution in [0.3, 0.4) is 0 Å². The van der Waals surface area contributed by atoms with Gasteiger partial charge in [-0.3, -0.25) is 28.6 Å². The number of alkyl halides is 3. The third-order valence-electron chi connectivity index (χ3n) is 9.82. The number of hydroxylamine groups is 2. The number of rotatable bonds is 22. The number of hydrogen-bond acceptors (Lipinski definition) is 12. The van der Waals surface area contributed by atoms with Gasteiger partial charge in [0.2, 0.25) is 12.3 Å². The highest BCUT2D eigenvalue weighted by molar-refractivity contribution is 7.51. The number of nitrogens with one attached hydrogen (secondary N) is 3. The molecule has 0 bridgehead atoms. The summed E-state index contributed by atoms with van der Waals surface area (Å²) in [5.41, 5.74) is 2.55. The van der Waals surface area contributed by atoms with Gasteiger partial charge < -0.3 is 49.6 Å². The SMILES string of the molecule is CCCCC[C@@H](C(=O)NCNC(=O)c1ccc(-c2ccc(C(=O)NCP(=O)(O)O)c(OCC)c2)o1)[C@@H](CC)N(C=O)OC(=O)c1ccc(CN2CCOCC2)cc1C.O=C(O)C(F)(F)F. The number of carbonyl (C=O) groups is 6. The highest BCUT2D eigenvalue weighted by atomic mass is 31.2. The average Bonchev–Trinajstić information content (AvgIpc) is 3.76. The van der Waals surface area contributed by atoms with E-state index >= 15 is 0 Å². The number of amides is 4. The summed E-state index contributed by atoms with van der Waals surface area (Å²) in [7, 11) is -4.48. The summed E-state index contributed by atoms with van der Waals surface area (Å²) in [6.07, 6.45) is -2.39. The van der Waals surface area contributed by atoms with Gasteiger partial charge in [-0.05, 0) is 68.1 Å². The first-order chi connectivity index (χ1) is 30.7. The number of unbranched alkanes of at least 4 members (excludes halogenated alkanes) is 2. The smallest absolute Gasteiger partial charge is 0.490 e. The fraction of sp³-hybridized carbons (Fsp3) is 0.476. The summed E-state index contributed by atoms with van der Waals surface area (Å²) in [5.74, 6) is -5.72. The lowest BCUT2D eigenvalue weighted by molar-refractivity contribution is -0.192. The molecular formula is C42H55F3N5O14P. The van der Waals surface area contributed by atoms with Crippen molar-refractivity contribution in [3.63, 3.8) is 0 Å². The molecule has 23 heteroatoms. The van der Waals surface area contributed by atoms with Gasteiger partial charge in [0.25, 0.3) is 11.8 Å². The molecule has 4 rings (SSSR count). The molecule has 4 amide bonds. The zero-order valence-electron chi connectivity index (χ0n) is 36.4. The fourth-order valence-corrected chi connectivity index (χ4v) is 6.94. The summed E-state index contributed by atoms with van der Waals surface area (Å²) in [4.78, 5) is 100. The Morgan fingerprint density at radius 3 is 2.20 bits per heavy atom. The first kappa shape index (κ1) is 53.5. The normalized spacial score (nSPS) is 13.9. The number of carbonyl (C=O) groups excluding carboxylic acids is 5. The molecule has 1 aromatic heterocycles. The van der Waals surface area contributed by atoms with Crippen LogP contribution in [0, 0.1) is 12.8 Å².